The van der Waals surface area contributed by atoms with Crippen LogP contribution < -0.4 is 5.32 Å². The third-order valence-corrected chi connectivity index (χ3v) is 2.57. The van der Waals surface area contributed by atoms with Crippen molar-refractivity contribution in [3.05, 3.63) is 0 Å². The van der Waals surface area contributed by atoms with Crippen LogP contribution in [0.4, 0.5) is 0 Å². The predicted octanol–water partition coefficient (Wildman–Crippen LogP) is 0.698. The molecule has 0 fully saturated rings. The lowest BCUT2D eigenvalue weighted by Crippen LogP contribution is -2.50. The molecule has 0 aliphatic heterocycles. The molecule has 2 N–H and O–H groups in total. The maximum Gasteiger partial charge on any atom is 0.323 e. The van der Waals surface area contributed by atoms with E-state index in [1.807, 2.05) is 6.92 Å². The van der Waals surface area contributed by atoms with Gasteiger partial charge < -0.3 is 15.3 Å². The highest BCUT2D eigenvalue weighted by molar-refractivity contribution is 5.78. The molecule has 0 aromatic heterocycles. The summed E-state index contributed by atoms with van der Waals surface area (Å²) in [6, 6.07) is 0. The van der Waals surface area contributed by atoms with Crippen LogP contribution in [-0.4, -0.2) is 48.1 Å². The molecule has 0 aliphatic carbocycles. The van der Waals surface area contributed by atoms with Crippen LogP contribution in [0, 0.1) is 0 Å². The molecule has 16 heavy (non-hydrogen) atoms. The van der Waals surface area contributed by atoms with Crippen LogP contribution in [0.1, 0.15) is 33.1 Å². The first kappa shape index (κ1) is 14.9. The van der Waals surface area contributed by atoms with Gasteiger partial charge in [-0.2, -0.15) is 0 Å². The summed E-state index contributed by atoms with van der Waals surface area (Å²) in [5.41, 5.74) is -0.929. The van der Waals surface area contributed by atoms with Crippen molar-refractivity contribution in [1.82, 2.24) is 10.2 Å². The average molecular weight is 230 g/mol. The van der Waals surface area contributed by atoms with Crippen molar-refractivity contribution in [1.29, 1.82) is 0 Å². The van der Waals surface area contributed by atoms with Crippen LogP contribution in [0.25, 0.3) is 0 Å². The smallest absolute Gasteiger partial charge is 0.323 e. The van der Waals surface area contributed by atoms with Crippen molar-refractivity contribution in [2.75, 3.05) is 20.6 Å². The minimum atomic E-state index is -0.929. The van der Waals surface area contributed by atoms with Crippen molar-refractivity contribution in [2.45, 2.75) is 38.6 Å². The number of carbonyl (C=O) groups is 2. The number of nitrogens with one attached hydrogen (secondary N) is 1. The highest BCUT2D eigenvalue weighted by atomic mass is 16.4. The van der Waals surface area contributed by atoms with E-state index >= 15 is 0 Å². The molecule has 0 saturated carbocycles. The topological polar surface area (TPSA) is 69.6 Å². The van der Waals surface area contributed by atoms with Gasteiger partial charge in [-0.15, -0.1) is 0 Å². The zero-order valence-electron chi connectivity index (χ0n) is 10.5. The molecule has 94 valence electrons. The van der Waals surface area contributed by atoms with E-state index in [1.165, 1.54) is 4.90 Å². The Morgan fingerprint density at radius 2 is 1.94 bits per heavy atom. The minimum Gasteiger partial charge on any atom is -0.480 e. The number of carbonyl (C=O) groups excluding carboxylic acids is 1. The van der Waals surface area contributed by atoms with Crippen molar-refractivity contribution >= 4 is 11.9 Å². The van der Waals surface area contributed by atoms with E-state index in [4.69, 9.17) is 5.11 Å². The Labute approximate surface area is 96.8 Å². The molecule has 0 spiro atoms. The third-order valence-electron chi connectivity index (χ3n) is 2.57. The summed E-state index contributed by atoms with van der Waals surface area (Å²) in [5.74, 6) is -0.872. The number of amides is 1. The molecule has 0 saturated heterocycles. The third kappa shape index (κ3) is 4.61. The Bertz CT molecular complexity index is 254. The summed E-state index contributed by atoms with van der Waals surface area (Å²) in [5, 5.41) is 12.0. The molecule has 0 aliphatic rings. The van der Waals surface area contributed by atoms with Crippen molar-refractivity contribution in [3.63, 3.8) is 0 Å². The molecule has 0 heterocycles. The van der Waals surface area contributed by atoms with Crippen molar-refractivity contribution in [2.24, 2.45) is 0 Å². The molecule has 1 unspecified atom stereocenters. The van der Waals surface area contributed by atoms with Gasteiger partial charge in [-0.3, -0.25) is 9.59 Å². The van der Waals surface area contributed by atoms with E-state index in [2.05, 4.69) is 5.32 Å². The lowest BCUT2D eigenvalue weighted by molar-refractivity contribution is -0.144. The highest BCUT2D eigenvalue weighted by Gasteiger charge is 2.31. The average Bonchev–Trinajstić information content (AvgIpc) is 2.17. The maximum atomic E-state index is 11.3. The van der Waals surface area contributed by atoms with Gasteiger partial charge in [-0.25, -0.2) is 0 Å². The number of carboxylic acid groups (broad SMARTS) is 1. The second kappa shape index (κ2) is 6.48. The van der Waals surface area contributed by atoms with Crippen LogP contribution in [0.3, 0.4) is 0 Å². The van der Waals surface area contributed by atoms with E-state index in [-0.39, 0.29) is 5.91 Å². The summed E-state index contributed by atoms with van der Waals surface area (Å²) >= 11 is 0. The lowest BCUT2D eigenvalue weighted by Gasteiger charge is -2.26. The first-order valence-electron chi connectivity index (χ1n) is 5.52. The van der Waals surface area contributed by atoms with Gasteiger partial charge in [0, 0.05) is 27.1 Å². The van der Waals surface area contributed by atoms with Gasteiger partial charge in [0.2, 0.25) is 5.91 Å². The maximum absolute atomic E-state index is 11.3. The van der Waals surface area contributed by atoms with Crippen LogP contribution >= 0.6 is 0 Å². The van der Waals surface area contributed by atoms with Gasteiger partial charge in [0.15, 0.2) is 0 Å². The van der Waals surface area contributed by atoms with E-state index in [0.717, 1.165) is 6.42 Å². The number of hydrogen-bond acceptors (Lipinski definition) is 3. The van der Waals surface area contributed by atoms with Gasteiger partial charge in [0.1, 0.15) is 5.54 Å². The molecule has 0 bridgehead atoms. The first-order valence-corrected chi connectivity index (χ1v) is 5.52. The number of aliphatic carboxylic acids is 1. The van der Waals surface area contributed by atoms with Gasteiger partial charge in [-0.05, 0) is 13.3 Å². The summed E-state index contributed by atoms with van der Waals surface area (Å²) in [6.07, 6.45) is 1.66. The molecular formula is C11H22N2O3. The zero-order chi connectivity index (χ0) is 12.8. The van der Waals surface area contributed by atoms with Crippen molar-refractivity contribution < 1.29 is 14.7 Å². The standard InChI is InChI=1S/C11H22N2O3/c1-5-7-11(2,10(15)16)12-8-6-9(14)13(3)4/h12H,5-8H2,1-4H3,(H,15,16). The van der Waals surface area contributed by atoms with E-state index in [1.54, 1.807) is 21.0 Å². The van der Waals surface area contributed by atoms with Crippen LogP contribution in [0.15, 0.2) is 0 Å². The molecular weight excluding hydrogens is 208 g/mol. The van der Waals surface area contributed by atoms with Crippen LogP contribution in [-0.2, 0) is 9.59 Å². The first-order chi connectivity index (χ1) is 7.33. The van der Waals surface area contributed by atoms with Gasteiger partial charge in [0.25, 0.3) is 0 Å². The normalized spacial score (nSPS) is 14.2. The largest absolute Gasteiger partial charge is 0.480 e. The number of rotatable bonds is 7. The number of hydrogen-bond donors (Lipinski definition) is 2. The quantitative estimate of drug-likeness (QED) is 0.675. The SMILES string of the molecule is CCCC(C)(NCCC(=O)N(C)C)C(=O)O. The fourth-order valence-corrected chi connectivity index (χ4v) is 1.44. The Morgan fingerprint density at radius 3 is 2.31 bits per heavy atom. The van der Waals surface area contributed by atoms with Gasteiger partial charge in [-0.1, -0.05) is 13.3 Å². The second-order valence-electron chi connectivity index (χ2n) is 4.35. The Kier molecular flexibility index (Phi) is 6.03. The van der Waals surface area contributed by atoms with Crippen LogP contribution in [0.5, 0.6) is 0 Å². The number of carboxylic acids is 1. The Hall–Kier alpha value is -1.10. The fraction of sp³-hybridized carbons (Fsp3) is 0.818. The Balaban J connectivity index is 4.14. The lowest BCUT2D eigenvalue weighted by atomic mass is 9.96. The van der Waals surface area contributed by atoms with Gasteiger partial charge >= 0.3 is 5.97 Å². The van der Waals surface area contributed by atoms with E-state index in [0.29, 0.717) is 19.4 Å². The van der Waals surface area contributed by atoms with Gasteiger partial charge in [0.05, 0.1) is 0 Å². The molecule has 0 rings (SSSR count). The second-order valence-corrected chi connectivity index (χ2v) is 4.35. The van der Waals surface area contributed by atoms with E-state index < -0.39 is 11.5 Å². The molecule has 5 nitrogen and oxygen atoms in total. The fourth-order valence-electron chi connectivity index (χ4n) is 1.44. The number of nitrogens with zero attached hydrogens (tertiary/aromatic N) is 1. The molecule has 0 aromatic carbocycles. The highest BCUT2D eigenvalue weighted by Crippen LogP contribution is 2.12. The Morgan fingerprint density at radius 1 is 1.38 bits per heavy atom. The minimum absolute atomic E-state index is 0.00302. The monoisotopic (exact) mass is 230 g/mol. The molecule has 1 atom stereocenters. The summed E-state index contributed by atoms with van der Waals surface area (Å²) in [7, 11) is 3.37. The predicted molar refractivity (Wildman–Crippen MR) is 62.3 cm³/mol. The molecule has 0 radical (unpaired) electrons. The van der Waals surface area contributed by atoms with E-state index in [9.17, 15) is 9.59 Å². The summed E-state index contributed by atoms with van der Waals surface area (Å²) in [4.78, 5) is 23.9. The molecule has 5 heteroatoms. The van der Waals surface area contributed by atoms with Crippen LogP contribution in [0.2, 0.25) is 0 Å². The molecule has 0 aromatic rings. The zero-order valence-corrected chi connectivity index (χ0v) is 10.5. The molecule has 1 amide bonds. The summed E-state index contributed by atoms with van der Waals surface area (Å²) < 4.78 is 0. The van der Waals surface area contributed by atoms with Crippen molar-refractivity contribution in [3.8, 4) is 0 Å². The summed E-state index contributed by atoms with van der Waals surface area (Å²) in [6.45, 7) is 3.98.